The van der Waals surface area contributed by atoms with Gasteiger partial charge in [-0.1, -0.05) is 53.6 Å². The fourth-order valence-electron chi connectivity index (χ4n) is 1.29. The Balaban J connectivity index is 2.14. The van der Waals surface area contributed by atoms with Crippen molar-refractivity contribution in [2.24, 2.45) is 0 Å². The lowest BCUT2D eigenvalue weighted by Gasteiger charge is -2.00. The van der Waals surface area contributed by atoms with Crippen LogP contribution in [0.3, 0.4) is 0 Å². The Morgan fingerprint density at radius 2 is 1.80 bits per heavy atom. The average molecular weight is 223 g/mol. The van der Waals surface area contributed by atoms with E-state index in [9.17, 15) is 8.76 Å². The Bertz CT molecular complexity index is 320. The van der Waals surface area contributed by atoms with Crippen molar-refractivity contribution in [2.45, 2.75) is 19.3 Å². The molecule has 0 radical (unpaired) electrons. The normalized spacial score (nSPS) is 13.1. The maximum absolute atomic E-state index is 10.2. The van der Waals surface area contributed by atoms with Gasteiger partial charge in [0.2, 0.25) is 0 Å². The van der Waals surface area contributed by atoms with Crippen molar-refractivity contribution in [3.05, 3.63) is 48.0 Å². The van der Waals surface area contributed by atoms with Gasteiger partial charge in [0, 0.05) is 5.75 Å². The Morgan fingerprint density at radius 3 is 2.47 bits per heavy atom. The largest absolute Gasteiger partial charge is 0.772 e. The van der Waals surface area contributed by atoms with Crippen LogP contribution in [0.15, 0.2) is 42.5 Å². The van der Waals surface area contributed by atoms with E-state index in [0.717, 1.165) is 12.8 Å². The molecule has 3 heteroatoms. The zero-order valence-electron chi connectivity index (χ0n) is 8.59. The summed E-state index contributed by atoms with van der Waals surface area (Å²) in [4.78, 5) is 0. The summed E-state index contributed by atoms with van der Waals surface area (Å²) in [5.74, 6) is 0.224. The van der Waals surface area contributed by atoms with E-state index in [1.54, 1.807) is 0 Å². The van der Waals surface area contributed by atoms with Crippen LogP contribution in [-0.2, 0) is 17.5 Å². The van der Waals surface area contributed by atoms with Crippen molar-refractivity contribution in [3.8, 4) is 0 Å². The summed E-state index contributed by atoms with van der Waals surface area (Å²) in [7, 11) is 0. The minimum atomic E-state index is -1.91. The number of hydrogen-bond donors (Lipinski definition) is 0. The van der Waals surface area contributed by atoms with Crippen molar-refractivity contribution in [3.63, 3.8) is 0 Å². The van der Waals surface area contributed by atoms with E-state index in [1.807, 2.05) is 30.4 Å². The zero-order chi connectivity index (χ0) is 10.9. The average Bonchev–Trinajstić information content (AvgIpc) is 2.24. The van der Waals surface area contributed by atoms with Gasteiger partial charge in [-0.2, -0.15) is 0 Å². The van der Waals surface area contributed by atoms with Crippen LogP contribution in [0.4, 0.5) is 0 Å². The molecule has 0 aromatic heterocycles. The summed E-state index contributed by atoms with van der Waals surface area (Å²) >= 11 is -1.91. The van der Waals surface area contributed by atoms with E-state index in [4.69, 9.17) is 0 Å². The molecule has 0 heterocycles. The molecule has 0 amide bonds. The van der Waals surface area contributed by atoms with E-state index in [-0.39, 0.29) is 5.75 Å². The molecule has 82 valence electrons. The summed E-state index contributed by atoms with van der Waals surface area (Å²) in [6, 6.07) is 10.3. The molecular formula is C12H15O2S-. The molecule has 1 rings (SSSR count). The SMILES string of the molecule is O=S([O-])CCC=CCCc1ccccc1. The van der Waals surface area contributed by atoms with Crippen molar-refractivity contribution in [2.75, 3.05) is 5.75 Å². The lowest BCUT2D eigenvalue weighted by molar-refractivity contribution is 0.537. The summed E-state index contributed by atoms with van der Waals surface area (Å²) in [5.41, 5.74) is 1.31. The molecule has 0 N–H and O–H groups in total. The number of allylic oxidation sites excluding steroid dienone is 2. The maximum Gasteiger partial charge on any atom is 0.0136 e. The van der Waals surface area contributed by atoms with E-state index in [0.29, 0.717) is 6.42 Å². The van der Waals surface area contributed by atoms with Crippen LogP contribution >= 0.6 is 0 Å². The first kappa shape index (κ1) is 12.1. The fraction of sp³-hybridized carbons (Fsp3) is 0.333. The van der Waals surface area contributed by atoms with Crippen molar-refractivity contribution in [1.29, 1.82) is 0 Å². The van der Waals surface area contributed by atoms with Crippen LogP contribution < -0.4 is 0 Å². The minimum absolute atomic E-state index is 0.224. The molecule has 0 saturated heterocycles. The van der Waals surface area contributed by atoms with E-state index < -0.39 is 11.1 Å². The van der Waals surface area contributed by atoms with Crippen molar-refractivity contribution < 1.29 is 8.76 Å². The lowest BCUT2D eigenvalue weighted by Crippen LogP contribution is -1.92. The third-order valence-corrected chi connectivity index (χ3v) is 2.63. The topological polar surface area (TPSA) is 40.1 Å². The molecule has 0 aliphatic carbocycles. The molecule has 0 saturated carbocycles. The highest BCUT2D eigenvalue weighted by atomic mass is 32.2. The summed E-state index contributed by atoms with van der Waals surface area (Å²) in [6.07, 6.45) is 6.57. The second-order valence-corrected chi connectivity index (χ2v) is 4.31. The lowest BCUT2D eigenvalue weighted by atomic mass is 10.1. The van der Waals surface area contributed by atoms with Crippen LogP contribution in [0.5, 0.6) is 0 Å². The number of aryl methyl sites for hydroxylation is 1. The second kappa shape index (κ2) is 7.37. The summed E-state index contributed by atoms with van der Waals surface area (Å²) in [6.45, 7) is 0. The Labute approximate surface area is 93.3 Å². The van der Waals surface area contributed by atoms with Gasteiger partial charge >= 0.3 is 0 Å². The van der Waals surface area contributed by atoms with Crippen molar-refractivity contribution in [1.82, 2.24) is 0 Å². The molecule has 1 unspecified atom stereocenters. The molecule has 0 aliphatic heterocycles. The van der Waals surface area contributed by atoms with E-state index in [2.05, 4.69) is 12.1 Å². The molecule has 15 heavy (non-hydrogen) atoms. The predicted octanol–water partition coefficient (Wildman–Crippen LogP) is 2.44. The minimum Gasteiger partial charge on any atom is -0.772 e. The van der Waals surface area contributed by atoms with Gasteiger partial charge in [-0.3, -0.25) is 4.21 Å². The number of hydrogen-bond acceptors (Lipinski definition) is 2. The van der Waals surface area contributed by atoms with Gasteiger partial charge in [0.25, 0.3) is 0 Å². The monoisotopic (exact) mass is 223 g/mol. The smallest absolute Gasteiger partial charge is 0.0136 e. The van der Waals surface area contributed by atoms with Gasteiger partial charge in [-0.05, 0) is 24.8 Å². The zero-order valence-corrected chi connectivity index (χ0v) is 9.41. The number of rotatable bonds is 6. The third-order valence-electron chi connectivity index (χ3n) is 2.06. The quantitative estimate of drug-likeness (QED) is 0.549. The molecule has 0 spiro atoms. The van der Waals surface area contributed by atoms with Crippen LogP contribution in [0, 0.1) is 0 Å². The van der Waals surface area contributed by atoms with Crippen molar-refractivity contribution >= 4 is 11.1 Å². The van der Waals surface area contributed by atoms with Crippen LogP contribution in [0.2, 0.25) is 0 Å². The summed E-state index contributed by atoms with van der Waals surface area (Å²) in [5, 5.41) is 0. The van der Waals surface area contributed by atoms with E-state index >= 15 is 0 Å². The molecule has 0 bridgehead atoms. The molecule has 1 atom stereocenters. The Morgan fingerprint density at radius 1 is 1.13 bits per heavy atom. The van der Waals surface area contributed by atoms with Gasteiger partial charge < -0.3 is 4.55 Å². The van der Waals surface area contributed by atoms with Crippen LogP contribution in [-0.4, -0.2) is 14.5 Å². The first-order valence-corrected chi connectivity index (χ1v) is 6.28. The van der Waals surface area contributed by atoms with Crippen LogP contribution in [0.1, 0.15) is 18.4 Å². The first-order valence-electron chi connectivity index (χ1n) is 5.04. The molecule has 1 aromatic carbocycles. The van der Waals surface area contributed by atoms with E-state index in [1.165, 1.54) is 5.56 Å². The van der Waals surface area contributed by atoms with Gasteiger partial charge in [-0.25, -0.2) is 0 Å². The highest BCUT2D eigenvalue weighted by Gasteiger charge is 1.88. The predicted molar refractivity (Wildman–Crippen MR) is 62.3 cm³/mol. The highest BCUT2D eigenvalue weighted by Crippen LogP contribution is 2.03. The molecular weight excluding hydrogens is 208 g/mol. The van der Waals surface area contributed by atoms with Gasteiger partial charge in [0.15, 0.2) is 0 Å². The summed E-state index contributed by atoms with van der Waals surface area (Å²) < 4.78 is 20.4. The fourth-order valence-corrected chi connectivity index (χ4v) is 1.62. The Hall–Kier alpha value is -0.930. The highest BCUT2D eigenvalue weighted by molar-refractivity contribution is 7.79. The molecule has 1 aromatic rings. The third kappa shape index (κ3) is 6.20. The second-order valence-electron chi connectivity index (χ2n) is 3.29. The van der Waals surface area contributed by atoms with Gasteiger partial charge in [0.05, 0.1) is 0 Å². The maximum atomic E-state index is 10.2. The van der Waals surface area contributed by atoms with Gasteiger partial charge in [-0.15, -0.1) is 0 Å². The first-order chi connectivity index (χ1) is 7.29. The molecule has 2 nitrogen and oxygen atoms in total. The standard InChI is InChI=1S/C12H16O2S/c13-15(14)11-7-2-1-4-8-12-9-5-3-6-10-12/h1-3,5-6,9-10H,4,7-8,11H2,(H,13,14)/p-1. The Kier molecular flexibility index (Phi) is 5.97. The number of benzene rings is 1. The van der Waals surface area contributed by atoms with Gasteiger partial charge in [0.1, 0.15) is 0 Å². The van der Waals surface area contributed by atoms with Crippen LogP contribution in [0.25, 0.3) is 0 Å². The molecule has 0 fully saturated rings. The molecule has 0 aliphatic rings.